The molecule has 1 N–H and O–H groups in total. The van der Waals surface area contributed by atoms with Crippen molar-refractivity contribution in [1.29, 1.82) is 0 Å². The average molecular weight is 247 g/mol. The van der Waals surface area contributed by atoms with Crippen LogP contribution in [0.15, 0.2) is 36.1 Å². The molecule has 0 saturated heterocycles. The molecule has 0 bridgehead atoms. The lowest BCUT2D eigenvalue weighted by molar-refractivity contribution is -0.306. The van der Waals surface area contributed by atoms with Crippen LogP contribution in [0.25, 0.3) is 5.57 Å². The van der Waals surface area contributed by atoms with E-state index in [1.54, 1.807) is 30.3 Å². The SMILES string of the molecule is O=C([O-])CCC1OC(=O)C(O)=C1c1ccccc1. The fraction of sp³-hybridized carbons (Fsp3) is 0.231. The molecular formula is C13H11O5-. The molecule has 1 heterocycles. The second-order valence-electron chi connectivity index (χ2n) is 3.93. The van der Waals surface area contributed by atoms with Crippen molar-refractivity contribution in [3.8, 4) is 0 Å². The average Bonchev–Trinajstić information content (AvgIpc) is 2.64. The number of aliphatic hydroxyl groups excluding tert-OH is 1. The number of esters is 1. The van der Waals surface area contributed by atoms with Gasteiger partial charge in [0.15, 0.2) is 0 Å². The summed E-state index contributed by atoms with van der Waals surface area (Å²) in [7, 11) is 0. The Hall–Kier alpha value is -2.30. The van der Waals surface area contributed by atoms with Crippen LogP contribution < -0.4 is 5.11 Å². The van der Waals surface area contributed by atoms with E-state index in [1.807, 2.05) is 0 Å². The maximum absolute atomic E-state index is 11.3. The number of aliphatic carboxylic acids is 1. The van der Waals surface area contributed by atoms with E-state index in [-0.39, 0.29) is 12.8 Å². The van der Waals surface area contributed by atoms with E-state index in [0.717, 1.165) is 0 Å². The fourth-order valence-electron chi connectivity index (χ4n) is 1.90. The van der Waals surface area contributed by atoms with E-state index < -0.39 is 23.8 Å². The Balaban J connectivity index is 2.28. The highest BCUT2D eigenvalue weighted by molar-refractivity contribution is 6.00. The van der Waals surface area contributed by atoms with Crippen molar-refractivity contribution in [1.82, 2.24) is 0 Å². The third-order valence-electron chi connectivity index (χ3n) is 2.72. The number of aliphatic hydroxyl groups is 1. The number of hydrogen-bond acceptors (Lipinski definition) is 5. The first-order chi connectivity index (χ1) is 8.59. The molecule has 1 aromatic carbocycles. The third kappa shape index (κ3) is 2.34. The molecule has 94 valence electrons. The van der Waals surface area contributed by atoms with Gasteiger partial charge in [0.25, 0.3) is 0 Å². The van der Waals surface area contributed by atoms with Gasteiger partial charge in [0.05, 0.1) is 0 Å². The molecule has 1 aliphatic rings. The number of carbonyl (C=O) groups excluding carboxylic acids is 2. The Kier molecular flexibility index (Phi) is 3.32. The van der Waals surface area contributed by atoms with Crippen LogP contribution in [0.5, 0.6) is 0 Å². The Morgan fingerprint density at radius 1 is 1.33 bits per heavy atom. The molecule has 5 nitrogen and oxygen atoms in total. The van der Waals surface area contributed by atoms with Gasteiger partial charge in [-0.05, 0) is 18.4 Å². The molecule has 18 heavy (non-hydrogen) atoms. The number of hydrogen-bond donors (Lipinski definition) is 1. The molecule has 0 fully saturated rings. The zero-order valence-corrected chi connectivity index (χ0v) is 9.46. The zero-order valence-electron chi connectivity index (χ0n) is 9.46. The van der Waals surface area contributed by atoms with Crippen LogP contribution in [0.4, 0.5) is 0 Å². The number of cyclic esters (lactones) is 1. The molecule has 5 heteroatoms. The minimum Gasteiger partial charge on any atom is -0.550 e. The fourth-order valence-corrected chi connectivity index (χ4v) is 1.90. The molecule has 0 amide bonds. The molecule has 0 aliphatic carbocycles. The van der Waals surface area contributed by atoms with Crippen LogP contribution in [0, 0.1) is 0 Å². The van der Waals surface area contributed by atoms with Crippen LogP contribution in [0.3, 0.4) is 0 Å². The number of ether oxygens (including phenoxy) is 1. The lowest BCUT2D eigenvalue weighted by Gasteiger charge is -2.14. The monoisotopic (exact) mass is 247 g/mol. The van der Waals surface area contributed by atoms with Crippen LogP contribution in [0.2, 0.25) is 0 Å². The molecule has 2 rings (SSSR count). The molecule has 1 atom stereocenters. The molecule has 0 radical (unpaired) electrons. The zero-order chi connectivity index (χ0) is 13.1. The van der Waals surface area contributed by atoms with Crippen molar-refractivity contribution in [3.63, 3.8) is 0 Å². The van der Waals surface area contributed by atoms with Gasteiger partial charge in [-0.25, -0.2) is 4.79 Å². The second kappa shape index (κ2) is 4.91. The van der Waals surface area contributed by atoms with Gasteiger partial charge in [-0.15, -0.1) is 0 Å². The molecule has 1 unspecified atom stereocenters. The Labute approximate surface area is 103 Å². The normalized spacial score (nSPS) is 18.9. The van der Waals surface area contributed by atoms with Gasteiger partial charge in [0.1, 0.15) is 6.10 Å². The predicted octanol–water partition coefficient (Wildman–Crippen LogP) is 0.411. The summed E-state index contributed by atoms with van der Waals surface area (Å²) in [4.78, 5) is 21.8. The van der Waals surface area contributed by atoms with Gasteiger partial charge in [-0.3, -0.25) is 0 Å². The number of benzene rings is 1. The van der Waals surface area contributed by atoms with Crippen LogP contribution in [0.1, 0.15) is 18.4 Å². The van der Waals surface area contributed by atoms with E-state index in [1.165, 1.54) is 0 Å². The van der Waals surface area contributed by atoms with Gasteiger partial charge >= 0.3 is 5.97 Å². The van der Waals surface area contributed by atoms with Crippen LogP contribution in [-0.2, 0) is 14.3 Å². The summed E-state index contributed by atoms with van der Waals surface area (Å²) in [5, 5.41) is 20.1. The van der Waals surface area contributed by atoms with Crippen molar-refractivity contribution in [2.24, 2.45) is 0 Å². The van der Waals surface area contributed by atoms with E-state index in [0.29, 0.717) is 11.1 Å². The Bertz CT molecular complexity index is 503. The van der Waals surface area contributed by atoms with Gasteiger partial charge in [0.2, 0.25) is 5.76 Å². The molecule has 0 aromatic heterocycles. The molecule has 0 saturated carbocycles. The topological polar surface area (TPSA) is 86.7 Å². The molecular weight excluding hydrogens is 236 g/mol. The summed E-state index contributed by atoms with van der Waals surface area (Å²) < 4.78 is 4.94. The highest BCUT2D eigenvalue weighted by atomic mass is 16.6. The first-order valence-corrected chi connectivity index (χ1v) is 5.49. The molecule has 1 aliphatic heterocycles. The predicted molar refractivity (Wildman–Crippen MR) is 60.1 cm³/mol. The lowest BCUT2D eigenvalue weighted by Crippen LogP contribution is -2.24. The van der Waals surface area contributed by atoms with Gasteiger partial charge in [-0.2, -0.15) is 0 Å². The van der Waals surface area contributed by atoms with Gasteiger partial charge in [0, 0.05) is 11.5 Å². The van der Waals surface area contributed by atoms with E-state index in [2.05, 4.69) is 0 Å². The van der Waals surface area contributed by atoms with Crippen molar-refractivity contribution >= 4 is 17.5 Å². The quantitative estimate of drug-likeness (QED) is 0.779. The van der Waals surface area contributed by atoms with Crippen molar-refractivity contribution in [3.05, 3.63) is 41.7 Å². The number of carboxylic acids is 1. The number of rotatable bonds is 4. The summed E-state index contributed by atoms with van der Waals surface area (Å²) in [5.41, 5.74) is 0.978. The first-order valence-electron chi connectivity index (χ1n) is 5.49. The van der Waals surface area contributed by atoms with Crippen LogP contribution >= 0.6 is 0 Å². The minimum absolute atomic E-state index is 0.0857. The van der Waals surface area contributed by atoms with Crippen molar-refractivity contribution in [2.75, 3.05) is 0 Å². The van der Waals surface area contributed by atoms with E-state index in [4.69, 9.17) is 4.74 Å². The Morgan fingerprint density at radius 2 is 2.00 bits per heavy atom. The maximum Gasteiger partial charge on any atom is 0.374 e. The van der Waals surface area contributed by atoms with Crippen LogP contribution in [-0.4, -0.2) is 23.1 Å². The third-order valence-corrected chi connectivity index (χ3v) is 2.72. The molecule has 0 spiro atoms. The molecule has 1 aromatic rings. The minimum atomic E-state index is -1.22. The lowest BCUT2D eigenvalue weighted by atomic mass is 9.97. The highest BCUT2D eigenvalue weighted by Gasteiger charge is 2.34. The van der Waals surface area contributed by atoms with E-state index in [9.17, 15) is 19.8 Å². The van der Waals surface area contributed by atoms with Crippen molar-refractivity contribution in [2.45, 2.75) is 18.9 Å². The summed E-state index contributed by atoms with van der Waals surface area (Å²) >= 11 is 0. The standard InChI is InChI=1S/C13H12O5/c14-10(15)7-6-9-11(12(16)13(17)18-9)8-4-2-1-3-5-8/h1-5,9,16H,6-7H2,(H,14,15)/p-1. The van der Waals surface area contributed by atoms with Crippen molar-refractivity contribution < 1.29 is 24.5 Å². The summed E-state index contributed by atoms with van der Waals surface area (Å²) in [5.74, 6) is -2.49. The highest BCUT2D eigenvalue weighted by Crippen LogP contribution is 2.32. The number of carboxylic acid groups (broad SMARTS) is 1. The Morgan fingerprint density at radius 3 is 2.61 bits per heavy atom. The van der Waals surface area contributed by atoms with E-state index >= 15 is 0 Å². The second-order valence-corrected chi connectivity index (χ2v) is 3.93. The first kappa shape index (κ1) is 12.2. The van der Waals surface area contributed by atoms with Gasteiger partial charge in [-0.1, -0.05) is 30.3 Å². The largest absolute Gasteiger partial charge is 0.550 e. The smallest absolute Gasteiger partial charge is 0.374 e. The maximum atomic E-state index is 11.3. The summed E-state index contributed by atoms with van der Waals surface area (Å²) in [6, 6.07) is 8.76. The number of carbonyl (C=O) groups is 2. The summed E-state index contributed by atoms with van der Waals surface area (Å²) in [6.07, 6.45) is -0.887. The summed E-state index contributed by atoms with van der Waals surface area (Å²) in [6.45, 7) is 0. The van der Waals surface area contributed by atoms with Gasteiger partial charge < -0.3 is 19.7 Å².